The van der Waals surface area contributed by atoms with E-state index in [1.54, 1.807) is 0 Å². The number of unbranched alkanes of at least 4 members (excludes halogenated alkanes) is 2. The van der Waals surface area contributed by atoms with Crippen LogP contribution in [0.1, 0.15) is 81.7 Å². The molecule has 0 radical (unpaired) electrons. The van der Waals surface area contributed by atoms with Gasteiger partial charge in [-0.2, -0.15) is 18.3 Å². The molecule has 2 unspecified atom stereocenters. The van der Waals surface area contributed by atoms with Crippen LogP contribution in [0.25, 0.3) is 0 Å². The number of aromatic amines is 1. The lowest BCUT2D eigenvalue weighted by Gasteiger charge is -2.21. The first-order chi connectivity index (χ1) is 13.3. The van der Waals surface area contributed by atoms with E-state index < -0.39 is 23.3 Å². The molecule has 1 aliphatic rings. The third-order valence-corrected chi connectivity index (χ3v) is 5.02. The molecule has 0 amide bonds. The van der Waals surface area contributed by atoms with Crippen molar-refractivity contribution in [1.29, 1.82) is 0 Å². The number of ether oxygens (including phenoxy) is 1. The normalized spacial score (nSPS) is 17.4. The zero-order valence-corrected chi connectivity index (χ0v) is 16.6. The lowest BCUT2D eigenvalue weighted by Crippen LogP contribution is -2.28. The van der Waals surface area contributed by atoms with Crippen LogP contribution in [0.15, 0.2) is 17.1 Å². The molecule has 1 heterocycles. The predicted molar refractivity (Wildman–Crippen MR) is 102 cm³/mol. The number of aromatic nitrogens is 2. The number of rotatable bonds is 11. The van der Waals surface area contributed by atoms with E-state index in [9.17, 15) is 18.0 Å². The van der Waals surface area contributed by atoms with E-state index >= 15 is 0 Å². The molecule has 0 aliphatic heterocycles. The van der Waals surface area contributed by atoms with Crippen molar-refractivity contribution in [3.8, 4) is 0 Å². The van der Waals surface area contributed by atoms with Gasteiger partial charge in [0, 0.05) is 5.70 Å². The lowest BCUT2D eigenvalue weighted by atomic mass is 10.1. The van der Waals surface area contributed by atoms with Crippen molar-refractivity contribution >= 4 is 0 Å². The standard InChI is InChI=1S/C20H30F3N3O2/c1-4-6-7-9-14(8-5-2)28-12-13(3)24-16-11-10-15-17(20(21,22)23)19(27)26-25-18(15)16/h14,16,24H,3-12H2,1-2H3,(H,26,27). The molecule has 0 spiro atoms. The number of halogens is 3. The van der Waals surface area contributed by atoms with Crippen LogP contribution in [-0.2, 0) is 17.3 Å². The molecule has 2 N–H and O–H groups in total. The Morgan fingerprint density at radius 3 is 2.71 bits per heavy atom. The van der Waals surface area contributed by atoms with Gasteiger partial charge in [0.25, 0.3) is 5.56 Å². The average Bonchev–Trinajstić information content (AvgIpc) is 3.01. The maximum atomic E-state index is 13.2. The SMILES string of the molecule is C=C(COC(CCC)CCCCC)NC1CCc2c1n[nH]c(=O)c2C(F)(F)F. The zero-order valence-electron chi connectivity index (χ0n) is 16.6. The van der Waals surface area contributed by atoms with E-state index in [0.717, 1.165) is 32.1 Å². The third-order valence-electron chi connectivity index (χ3n) is 5.02. The number of nitrogens with zero attached hydrogens (tertiary/aromatic N) is 1. The minimum absolute atomic E-state index is 0.0223. The first-order valence-corrected chi connectivity index (χ1v) is 10.0. The minimum atomic E-state index is -4.69. The Balaban J connectivity index is 1.97. The highest BCUT2D eigenvalue weighted by Gasteiger charge is 2.41. The van der Waals surface area contributed by atoms with Crippen LogP contribution < -0.4 is 10.9 Å². The van der Waals surface area contributed by atoms with Gasteiger partial charge in [-0.15, -0.1) is 0 Å². The second kappa shape index (κ2) is 10.1. The smallest absolute Gasteiger partial charge is 0.378 e. The van der Waals surface area contributed by atoms with Crippen molar-refractivity contribution in [2.75, 3.05) is 6.61 Å². The molecule has 5 nitrogen and oxygen atoms in total. The predicted octanol–water partition coefficient (Wildman–Crippen LogP) is 4.64. The van der Waals surface area contributed by atoms with E-state index in [2.05, 4.69) is 30.8 Å². The molecule has 0 aromatic carbocycles. The number of nitrogens with one attached hydrogen (secondary N) is 2. The summed E-state index contributed by atoms with van der Waals surface area (Å²) in [5.74, 6) is 0. The summed E-state index contributed by atoms with van der Waals surface area (Å²) in [6.07, 6.45) is 2.51. The van der Waals surface area contributed by atoms with Crippen LogP contribution in [0, 0.1) is 0 Å². The molecule has 2 rings (SSSR count). The fraction of sp³-hybridized carbons (Fsp3) is 0.700. The molecule has 2 atom stereocenters. The van der Waals surface area contributed by atoms with Crippen LogP contribution in [0.2, 0.25) is 0 Å². The van der Waals surface area contributed by atoms with Gasteiger partial charge in [0.15, 0.2) is 0 Å². The second-order valence-corrected chi connectivity index (χ2v) is 7.35. The maximum Gasteiger partial charge on any atom is 0.422 e. The Kier molecular flexibility index (Phi) is 8.10. The molecule has 28 heavy (non-hydrogen) atoms. The number of hydrogen-bond acceptors (Lipinski definition) is 4. The van der Waals surface area contributed by atoms with E-state index in [0.29, 0.717) is 18.7 Å². The molecule has 8 heteroatoms. The van der Waals surface area contributed by atoms with E-state index in [-0.39, 0.29) is 23.8 Å². The third kappa shape index (κ3) is 5.83. The molecule has 0 bridgehead atoms. The first kappa shape index (κ1) is 22.5. The van der Waals surface area contributed by atoms with Gasteiger partial charge < -0.3 is 10.1 Å². The number of alkyl halides is 3. The molecule has 1 aromatic heterocycles. The maximum absolute atomic E-state index is 13.2. The number of fused-ring (bicyclic) bond motifs is 1. The Labute approximate surface area is 163 Å². The molecule has 1 aliphatic carbocycles. The monoisotopic (exact) mass is 401 g/mol. The largest absolute Gasteiger partial charge is 0.422 e. The molecule has 158 valence electrons. The van der Waals surface area contributed by atoms with Crippen LogP contribution in [-0.4, -0.2) is 22.9 Å². The highest BCUT2D eigenvalue weighted by molar-refractivity contribution is 5.36. The zero-order chi connectivity index (χ0) is 20.7. The van der Waals surface area contributed by atoms with Crippen molar-refractivity contribution in [3.05, 3.63) is 39.5 Å². The average molecular weight is 401 g/mol. The van der Waals surface area contributed by atoms with Gasteiger partial charge in [0.2, 0.25) is 0 Å². The van der Waals surface area contributed by atoms with Crippen LogP contribution in [0.5, 0.6) is 0 Å². The van der Waals surface area contributed by atoms with E-state index in [4.69, 9.17) is 4.74 Å². The topological polar surface area (TPSA) is 67.0 Å². The highest BCUT2D eigenvalue weighted by atomic mass is 19.4. The van der Waals surface area contributed by atoms with Crippen molar-refractivity contribution in [2.24, 2.45) is 0 Å². The van der Waals surface area contributed by atoms with E-state index in [1.165, 1.54) is 6.42 Å². The minimum Gasteiger partial charge on any atom is -0.378 e. The van der Waals surface area contributed by atoms with Gasteiger partial charge >= 0.3 is 6.18 Å². The summed E-state index contributed by atoms with van der Waals surface area (Å²) in [5, 5.41) is 8.97. The summed E-state index contributed by atoms with van der Waals surface area (Å²) in [6, 6.07) is -0.409. The van der Waals surface area contributed by atoms with Gasteiger partial charge in [-0.05, 0) is 31.2 Å². The summed E-state index contributed by atoms with van der Waals surface area (Å²) in [6.45, 7) is 8.53. The summed E-state index contributed by atoms with van der Waals surface area (Å²) in [4.78, 5) is 11.6. The van der Waals surface area contributed by atoms with Crippen molar-refractivity contribution in [1.82, 2.24) is 15.5 Å². The van der Waals surface area contributed by atoms with Crippen molar-refractivity contribution in [2.45, 2.75) is 83.5 Å². The summed E-state index contributed by atoms with van der Waals surface area (Å²) in [7, 11) is 0. The van der Waals surface area contributed by atoms with Crippen molar-refractivity contribution in [3.63, 3.8) is 0 Å². The number of hydrogen-bond donors (Lipinski definition) is 2. The second-order valence-electron chi connectivity index (χ2n) is 7.35. The quantitative estimate of drug-likeness (QED) is 0.530. The molecule has 0 fully saturated rings. The molecular weight excluding hydrogens is 371 g/mol. The molecule has 0 saturated heterocycles. The number of H-pyrrole nitrogens is 1. The first-order valence-electron chi connectivity index (χ1n) is 10.0. The Bertz CT molecular complexity index is 716. The Hall–Kier alpha value is -1.83. The molecule has 0 saturated carbocycles. The fourth-order valence-corrected chi connectivity index (χ4v) is 3.67. The summed E-state index contributed by atoms with van der Waals surface area (Å²) < 4.78 is 45.6. The summed E-state index contributed by atoms with van der Waals surface area (Å²) >= 11 is 0. The molecule has 1 aromatic rings. The molecular formula is C20H30F3N3O2. The summed E-state index contributed by atoms with van der Waals surface area (Å²) in [5.41, 5.74) is -1.51. The highest BCUT2D eigenvalue weighted by Crippen LogP contribution is 2.37. The Morgan fingerprint density at radius 1 is 1.32 bits per heavy atom. The van der Waals surface area contributed by atoms with Crippen molar-refractivity contribution < 1.29 is 17.9 Å². The van der Waals surface area contributed by atoms with Gasteiger partial charge in [-0.25, -0.2) is 5.10 Å². The Morgan fingerprint density at radius 2 is 2.07 bits per heavy atom. The van der Waals surface area contributed by atoms with Gasteiger partial charge in [0.05, 0.1) is 24.4 Å². The van der Waals surface area contributed by atoms with Crippen LogP contribution in [0.3, 0.4) is 0 Å². The van der Waals surface area contributed by atoms with Gasteiger partial charge in [-0.3, -0.25) is 4.79 Å². The van der Waals surface area contributed by atoms with Gasteiger partial charge in [0.1, 0.15) is 5.56 Å². The van der Waals surface area contributed by atoms with E-state index in [1.807, 2.05) is 5.10 Å². The lowest BCUT2D eigenvalue weighted by molar-refractivity contribution is -0.139. The van der Waals surface area contributed by atoms with Gasteiger partial charge in [-0.1, -0.05) is 46.1 Å². The fourth-order valence-electron chi connectivity index (χ4n) is 3.67. The van der Waals surface area contributed by atoms with Crippen LogP contribution >= 0.6 is 0 Å². The van der Waals surface area contributed by atoms with Crippen LogP contribution in [0.4, 0.5) is 13.2 Å².